The molecule has 0 saturated carbocycles. The molecule has 0 atom stereocenters. The van der Waals surface area contributed by atoms with E-state index < -0.39 is 0 Å². The maximum Gasteiger partial charge on any atom is 0.0558 e. The van der Waals surface area contributed by atoms with Gasteiger partial charge in [-0.15, -0.1) is 0 Å². The Morgan fingerprint density at radius 1 is 1.10 bits per heavy atom. The second kappa shape index (κ2) is 6.46. The van der Waals surface area contributed by atoms with Gasteiger partial charge in [-0.25, -0.2) is 0 Å². The third-order valence-corrected chi connectivity index (χ3v) is 4.14. The Morgan fingerprint density at radius 2 is 1.90 bits per heavy atom. The number of piperazine rings is 1. The molecule has 0 amide bonds. The zero-order valence-corrected chi connectivity index (χ0v) is 13.1. The lowest BCUT2D eigenvalue weighted by Crippen LogP contribution is -2.46. The Morgan fingerprint density at radius 3 is 2.62 bits per heavy atom. The summed E-state index contributed by atoms with van der Waals surface area (Å²) in [6, 6.07) is 12.5. The number of benzene rings is 1. The largest absolute Gasteiger partial charge is 0.369 e. The average Bonchev–Trinajstić information content (AvgIpc) is 2.48. The van der Waals surface area contributed by atoms with Gasteiger partial charge in [-0.05, 0) is 36.8 Å². The Kier molecular flexibility index (Phi) is 4.42. The lowest BCUT2D eigenvalue weighted by Gasteiger charge is -2.36. The molecule has 1 aromatic heterocycles. The summed E-state index contributed by atoms with van der Waals surface area (Å²) in [5, 5.41) is 0.762. The fourth-order valence-corrected chi connectivity index (χ4v) is 2.94. The smallest absolute Gasteiger partial charge is 0.0558 e. The Hall–Kier alpha value is -1.58. The second-order valence-corrected chi connectivity index (χ2v) is 6.00. The van der Waals surface area contributed by atoms with Crippen molar-refractivity contribution in [3.63, 3.8) is 0 Å². The normalized spacial score (nSPS) is 16.2. The number of aromatic nitrogens is 1. The first kappa shape index (κ1) is 14.4. The fourth-order valence-electron chi connectivity index (χ4n) is 2.75. The lowest BCUT2D eigenvalue weighted by molar-refractivity contribution is 0.247. The standard InChI is InChI=1S/C17H20ClN3/c1-14-3-2-4-17(11-14)21-9-7-20(8-10-21)13-16-12-15(18)5-6-19-16/h2-6,11-12H,7-10,13H2,1H3. The predicted molar refractivity (Wildman–Crippen MR) is 87.9 cm³/mol. The van der Waals surface area contributed by atoms with Gasteiger partial charge in [0.05, 0.1) is 5.69 Å². The predicted octanol–water partition coefficient (Wildman–Crippen LogP) is 3.37. The molecule has 3 rings (SSSR count). The molecule has 1 fully saturated rings. The highest BCUT2D eigenvalue weighted by Crippen LogP contribution is 2.18. The van der Waals surface area contributed by atoms with Crippen LogP contribution in [0.3, 0.4) is 0 Å². The van der Waals surface area contributed by atoms with Gasteiger partial charge in [0, 0.05) is 49.6 Å². The van der Waals surface area contributed by atoms with Crippen molar-refractivity contribution in [3.05, 3.63) is 58.9 Å². The number of anilines is 1. The van der Waals surface area contributed by atoms with Crippen LogP contribution in [0.15, 0.2) is 42.6 Å². The van der Waals surface area contributed by atoms with Crippen LogP contribution < -0.4 is 4.90 Å². The van der Waals surface area contributed by atoms with Gasteiger partial charge in [0.15, 0.2) is 0 Å². The Balaban J connectivity index is 1.58. The molecule has 2 aromatic rings. The minimum Gasteiger partial charge on any atom is -0.369 e. The number of hydrogen-bond acceptors (Lipinski definition) is 3. The van der Waals surface area contributed by atoms with Gasteiger partial charge in [-0.2, -0.15) is 0 Å². The van der Waals surface area contributed by atoms with E-state index in [1.165, 1.54) is 11.3 Å². The van der Waals surface area contributed by atoms with Crippen LogP contribution in [0.4, 0.5) is 5.69 Å². The zero-order chi connectivity index (χ0) is 14.7. The third kappa shape index (κ3) is 3.74. The molecular formula is C17H20ClN3. The Bertz CT molecular complexity index is 606. The van der Waals surface area contributed by atoms with Crippen molar-refractivity contribution < 1.29 is 0 Å². The van der Waals surface area contributed by atoms with Gasteiger partial charge in [0.1, 0.15) is 0 Å². The van der Waals surface area contributed by atoms with Crippen LogP contribution in [-0.2, 0) is 6.54 Å². The molecule has 0 radical (unpaired) electrons. The highest BCUT2D eigenvalue weighted by molar-refractivity contribution is 6.30. The van der Waals surface area contributed by atoms with E-state index in [1.54, 1.807) is 6.20 Å². The van der Waals surface area contributed by atoms with Crippen LogP contribution in [0.1, 0.15) is 11.3 Å². The summed E-state index contributed by atoms with van der Waals surface area (Å²) in [5.74, 6) is 0. The summed E-state index contributed by atoms with van der Waals surface area (Å²) in [5.41, 5.74) is 3.69. The maximum absolute atomic E-state index is 6.01. The van der Waals surface area contributed by atoms with E-state index in [-0.39, 0.29) is 0 Å². The first-order chi connectivity index (χ1) is 10.2. The molecule has 4 heteroatoms. The minimum absolute atomic E-state index is 0.762. The summed E-state index contributed by atoms with van der Waals surface area (Å²) in [4.78, 5) is 9.27. The molecule has 21 heavy (non-hydrogen) atoms. The van der Waals surface area contributed by atoms with E-state index in [2.05, 4.69) is 46.0 Å². The number of hydrogen-bond donors (Lipinski definition) is 0. The highest BCUT2D eigenvalue weighted by Gasteiger charge is 2.17. The van der Waals surface area contributed by atoms with Crippen molar-refractivity contribution >= 4 is 17.3 Å². The van der Waals surface area contributed by atoms with Crippen molar-refractivity contribution in [1.29, 1.82) is 0 Å². The monoisotopic (exact) mass is 301 g/mol. The summed E-state index contributed by atoms with van der Waals surface area (Å²) in [6.07, 6.45) is 1.78. The van der Waals surface area contributed by atoms with Crippen LogP contribution in [0, 0.1) is 6.92 Å². The molecule has 1 aromatic carbocycles. The zero-order valence-electron chi connectivity index (χ0n) is 12.3. The van der Waals surface area contributed by atoms with E-state index in [4.69, 9.17) is 11.6 Å². The van der Waals surface area contributed by atoms with Crippen molar-refractivity contribution in [2.45, 2.75) is 13.5 Å². The van der Waals surface area contributed by atoms with Gasteiger partial charge in [-0.1, -0.05) is 23.7 Å². The molecule has 0 aliphatic carbocycles. The highest BCUT2D eigenvalue weighted by atomic mass is 35.5. The first-order valence-corrected chi connectivity index (χ1v) is 7.73. The quantitative estimate of drug-likeness (QED) is 0.866. The molecule has 110 valence electrons. The van der Waals surface area contributed by atoms with Crippen molar-refractivity contribution in [2.24, 2.45) is 0 Å². The van der Waals surface area contributed by atoms with Gasteiger partial charge >= 0.3 is 0 Å². The lowest BCUT2D eigenvalue weighted by atomic mass is 10.2. The molecule has 1 aliphatic rings. The molecule has 0 unspecified atom stereocenters. The van der Waals surface area contributed by atoms with E-state index in [0.29, 0.717) is 0 Å². The molecule has 0 N–H and O–H groups in total. The molecule has 0 bridgehead atoms. The van der Waals surface area contributed by atoms with Crippen molar-refractivity contribution in [1.82, 2.24) is 9.88 Å². The summed E-state index contributed by atoms with van der Waals surface area (Å²) in [6.45, 7) is 7.26. The minimum atomic E-state index is 0.762. The first-order valence-electron chi connectivity index (χ1n) is 7.35. The van der Waals surface area contributed by atoms with Gasteiger partial charge in [0.25, 0.3) is 0 Å². The maximum atomic E-state index is 6.01. The summed E-state index contributed by atoms with van der Waals surface area (Å²) < 4.78 is 0. The van der Waals surface area contributed by atoms with E-state index in [1.807, 2.05) is 12.1 Å². The number of pyridine rings is 1. The van der Waals surface area contributed by atoms with Crippen molar-refractivity contribution in [2.75, 3.05) is 31.1 Å². The van der Waals surface area contributed by atoms with Crippen LogP contribution in [0.2, 0.25) is 5.02 Å². The number of rotatable bonds is 3. The van der Waals surface area contributed by atoms with Crippen LogP contribution in [0.25, 0.3) is 0 Å². The molecular weight excluding hydrogens is 282 g/mol. The Labute approximate surface area is 131 Å². The molecule has 3 nitrogen and oxygen atoms in total. The second-order valence-electron chi connectivity index (χ2n) is 5.57. The summed E-state index contributed by atoms with van der Waals surface area (Å²) >= 11 is 6.01. The van der Waals surface area contributed by atoms with E-state index >= 15 is 0 Å². The molecule has 1 aliphatic heterocycles. The molecule has 2 heterocycles. The van der Waals surface area contributed by atoms with E-state index in [0.717, 1.165) is 43.4 Å². The number of aryl methyl sites for hydroxylation is 1. The van der Waals surface area contributed by atoms with Crippen LogP contribution in [-0.4, -0.2) is 36.1 Å². The third-order valence-electron chi connectivity index (χ3n) is 3.90. The number of halogens is 1. The molecule has 0 spiro atoms. The average molecular weight is 302 g/mol. The fraction of sp³-hybridized carbons (Fsp3) is 0.353. The molecule has 1 saturated heterocycles. The SMILES string of the molecule is Cc1cccc(N2CCN(Cc3cc(Cl)ccn3)CC2)c1. The van der Waals surface area contributed by atoms with Crippen LogP contribution in [0.5, 0.6) is 0 Å². The van der Waals surface area contributed by atoms with Crippen molar-refractivity contribution in [3.8, 4) is 0 Å². The van der Waals surface area contributed by atoms with Gasteiger partial charge < -0.3 is 4.90 Å². The van der Waals surface area contributed by atoms with Crippen LogP contribution >= 0.6 is 11.6 Å². The summed E-state index contributed by atoms with van der Waals surface area (Å²) in [7, 11) is 0. The topological polar surface area (TPSA) is 19.4 Å². The number of nitrogens with zero attached hydrogens (tertiary/aromatic N) is 3. The van der Waals surface area contributed by atoms with E-state index in [9.17, 15) is 0 Å². The van der Waals surface area contributed by atoms with Gasteiger partial charge in [-0.3, -0.25) is 9.88 Å². The van der Waals surface area contributed by atoms with Gasteiger partial charge in [0.2, 0.25) is 0 Å².